The molecule has 0 bridgehead atoms. The highest BCUT2D eigenvalue weighted by molar-refractivity contribution is 6.35. The van der Waals surface area contributed by atoms with E-state index in [0.29, 0.717) is 40.7 Å². The van der Waals surface area contributed by atoms with Crippen molar-refractivity contribution in [2.45, 2.75) is 19.3 Å². The van der Waals surface area contributed by atoms with Gasteiger partial charge in [-0.15, -0.1) is 0 Å². The SMILES string of the molecule is NCC1CCCC1COC(=O)Nc1cc(Cl)ccc1Cl. The summed E-state index contributed by atoms with van der Waals surface area (Å²) in [6.07, 6.45) is 2.81. The van der Waals surface area contributed by atoms with Gasteiger partial charge in [-0.05, 0) is 49.4 Å². The quantitative estimate of drug-likeness (QED) is 0.885. The second-order valence-corrected chi connectivity index (χ2v) is 5.88. The lowest BCUT2D eigenvalue weighted by molar-refractivity contribution is 0.130. The van der Waals surface area contributed by atoms with Gasteiger partial charge >= 0.3 is 6.09 Å². The summed E-state index contributed by atoms with van der Waals surface area (Å²) in [5, 5.41) is 3.53. The van der Waals surface area contributed by atoms with Crippen LogP contribution in [0.1, 0.15) is 19.3 Å². The number of carbonyl (C=O) groups is 1. The van der Waals surface area contributed by atoms with Crippen LogP contribution < -0.4 is 11.1 Å². The molecule has 6 heteroatoms. The highest BCUT2D eigenvalue weighted by atomic mass is 35.5. The maximum atomic E-state index is 11.8. The standard InChI is InChI=1S/C14H18Cl2N2O2/c15-11-4-5-12(16)13(6-11)18-14(19)20-8-10-3-1-2-9(10)7-17/h4-6,9-10H,1-3,7-8,17H2,(H,18,19). The molecule has 1 aliphatic rings. The van der Waals surface area contributed by atoms with Crippen molar-refractivity contribution in [3.05, 3.63) is 28.2 Å². The molecular formula is C14H18Cl2N2O2. The van der Waals surface area contributed by atoms with Gasteiger partial charge in [0.05, 0.1) is 17.3 Å². The van der Waals surface area contributed by atoms with Crippen molar-refractivity contribution in [2.75, 3.05) is 18.5 Å². The number of carbonyl (C=O) groups excluding carboxylic acids is 1. The highest BCUT2D eigenvalue weighted by Crippen LogP contribution is 2.31. The first-order valence-corrected chi connectivity index (χ1v) is 7.44. The fourth-order valence-electron chi connectivity index (χ4n) is 2.57. The average Bonchev–Trinajstić information content (AvgIpc) is 2.88. The largest absolute Gasteiger partial charge is 0.449 e. The Labute approximate surface area is 128 Å². The lowest BCUT2D eigenvalue weighted by atomic mass is 9.97. The van der Waals surface area contributed by atoms with Gasteiger partial charge in [0.2, 0.25) is 0 Å². The number of halogens is 2. The van der Waals surface area contributed by atoms with Crippen molar-refractivity contribution in [3.8, 4) is 0 Å². The van der Waals surface area contributed by atoms with Gasteiger partial charge in [0.15, 0.2) is 0 Å². The molecule has 1 aromatic rings. The number of anilines is 1. The maximum Gasteiger partial charge on any atom is 0.411 e. The fraction of sp³-hybridized carbons (Fsp3) is 0.500. The van der Waals surface area contributed by atoms with Crippen LogP contribution in [-0.4, -0.2) is 19.2 Å². The van der Waals surface area contributed by atoms with Gasteiger partial charge in [0.25, 0.3) is 0 Å². The van der Waals surface area contributed by atoms with Crippen LogP contribution in [0.2, 0.25) is 10.0 Å². The van der Waals surface area contributed by atoms with E-state index in [1.165, 1.54) is 0 Å². The van der Waals surface area contributed by atoms with Crippen LogP contribution in [0.4, 0.5) is 10.5 Å². The molecule has 0 saturated heterocycles. The van der Waals surface area contributed by atoms with Gasteiger partial charge in [0.1, 0.15) is 0 Å². The minimum Gasteiger partial charge on any atom is -0.449 e. The van der Waals surface area contributed by atoms with E-state index in [9.17, 15) is 4.79 Å². The van der Waals surface area contributed by atoms with Crippen molar-refractivity contribution in [3.63, 3.8) is 0 Å². The Morgan fingerprint density at radius 3 is 2.85 bits per heavy atom. The number of amides is 1. The van der Waals surface area contributed by atoms with E-state index in [0.717, 1.165) is 19.3 Å². The summed E-state index contributed by atoms with van der Waals surface area (Å²) in [6, 6.07) is 4.87. The minimum atomic E-state index is -0.517. The van der Waals surface area contributed by atoms with E-state index in [-0.39, 0.29) is 0 Å². The number of ether oxygens (including phenoxy) is 1. The van der Waals surface area contributed by atoms with Crippen LogP contribution in [0.25, 0.3) is 0 Å². The molecule has 2 unspecified atom stereocenters. The highest BCUT2D eigenvalue weighted by Gasteiger charge is 2.27. The number of nitrogens with one attached hydrogen (secondary N) is 1. The van der Waals surface area contributed by atoms with Crippen molar-refractivity contribution < 1.29 is 9.53 Å². The summed E-state index contributed by atoms with van der Waals surface area (Å²) < 4.78 is 5.25. The fourth-order valence-corrected chi connectivity index (χ4v) is 2.90. The molecule has 0 aromatic heterocycles. The second kappa shape index (κ2) is 7.16. The monoisotopic (exact) mass is 316 g/mol. The lowest BCUT2D eigenvalue weighted by Gasteiger charge is -2.17. The molecule has 1 saturated carbocycles. The summed E-state index contributed by atoms with van der Waals surface area (Å²) in [6.45, 7) is 1.04. The first kappa shape index (κ1) is 15.4. The predicted octanol–water partition coefficient (Wildman–Crippen LogP) is 3.92. The van der Waals surface area contributed by atoms with Crippen LogP contribution >= 0.6 is 23.2 Å². The van der Waals surface area contributed by atoms with Crippen molar-refractivity contribution >= 4 is 35.0 Å². The first-order valence-electron chi connectivity index (χ1n) is 6.69. The van der Waals surface area contributed by atoms with E-state index in [2.05, 4.69) is 5.32 Å². The smallest absolute Gasteiger partial charge is 0.411 e. The van der Waals surface area contributed by atoms with Crippen molar-refractivity contribution in [1.82, 2.24) is 0 Å². The van der Waals surface area contributed by atoms with E-state index in [1.807, 2.05) is 0 Å². The molecule has 4 nitrogen and oxygen atoms in total. The third-order valence-electron chi connectivity index (χ3n) is 3.71. The van der Waals surface area contributed by atoms with Crippen LogP contribution in [0.15, 0.2) is 18.2 Å². The van der Waals surface area contributed by atoms with Crippen molar-refractivity contribution in [2.24, 2.45) is 17.6 Å². The molecule has 110 valence electrons. The number of hydrogen-bond acceptors (Lipinski definition) is 3. The Morgan fingerprint density at radius 2 is 2.10 bits per heavy atom. The number of hydrogen-bond donors (Lipinski definition) is 2. The van der Waals surface area contributed by atoms with Gasteiger partial charge in [-0.2, -0.15) is 0 Å². The third kappa shape index (κ3) is 4.01. The Morgan fingerprint density at radius 1 is 1.35 bits per heavy atom. The molecular weight excluding hydrogens is 299 g/mol. The minimum absolute atomic E-state index is 0.362. The van der Waals surface area contributed by atoms with Crippen molar-refractivity contribution in [1.29, 1.82) is 0 Å². The lowest BCUT2D eigenvalue weighted by Crippen LogP contribution is -2.25. The normalized spacial score (nSPS) is 21.8. The zero-order chi connectivity index (χ0) is 14.5. The second-order valence-electron chi connectivity index (χ2n) is 5.03. The van der Waals surface area contributed by atoms with Gasteiger partial charge in [-0.1, -0.05) is 29.6 Å². The summed E-state index contributed by atoms with van der Waals surface area (Å²) in [4.78, 5) is 11.8. The molecule has 0 radical (unpaired) electrons. The molecule has 1 amide bonds. The molecule has 3 N–H and O–H groups in total. The van der Waals surface area contributed by atoms with Gasteiger partial charge in [-0.25, -0.2) is 4.79 Å². The number of nitrogens with two attached hydrogens (primary N) is 1. The van der Waals surface area contributed by atoms with Crippen LogP contribution in [0.3, 0.4) is 0 Å². The predicted molar refractivity (Wildman–Crippen MR) is 81.3 cm³/mol. The van der Waals surface area contributed by atoms with Crippen LogP contribution in [0, 0.1) is 11.8 Å². The van der Waals surface area contributed by atoms with Crippen LogP contribution in [-0.2, 0) is 4.74 Å². The maximum absolute atomic E-state index is 11.8. The van der Waals surface area contributed by atoms with Crippen LogP contribution in [0.5, 0.6) is 0 Å². The molecule has 1 aromatic carbocycles. The van der Waals surface area contributed by atoms with E-state index >= 15 is 0 Å². The van der Waals surface area contributed by atoms with E-state index in [1.54, 1.807) is 18.2 Å². The Bertz CT molecular complexity index is 482. The Hall–Kier alpha value is -0.970. The van der Waals surface area contributed by atoms with E-state index < -0.39 is 6.09 Å². The first-order chi connectivity index (χ1) is 9.60. The summed E-state index contributed by atoms with van der Waals surface area (Å²) >= 11 is 11.8. The molecule has 0 spiro atoms. The third-order valence-corrected chi connectivity index (χ3v) is 4.28. The summed E-state index contributed by atoms with van der Waals surface area (Å²) in [7, 11) is 0. The molecule has 0 heterocycles. The zero-order valence-electron chi connectivity index (χ0n) is 11.1. The van der Waals surface area contributed by atoms with Gasteiger partial charge < -0.3 is 10.5 Å². The van der Waals surface area contributed by atoms with Gasteiger partial charge in [0, 0.05) is 5.02 Å². The molecule has 2 atom stereocenters. The van der Waals surface area contributed by atoms with E-state index in [4.69, 9.17) is 33.7 Å². The van der Waals surface area contributed by atoms with Gasteiger partial charge in [-0.3, -0.25) is 5.32 Å². The summed E-state index contributed by atoms with van der Waals surface area (Å²) in [5.41, 5.74) is 6.15. The summed E-state index contributed by atoms with van der Waals surface area (Å²) in [5.74, 6) is 0.818. The zero-order valence-corrected chi connectivity index (χ0v) is 12.6. The molecule has 20 heavy (non-hydrogen) atoms. The average molecular weight is 317 g/mol. The topological polar surface area (TPSA) is 64.3 Å². The molecule has 0 aliphatic heterocycles. The molecule has 1 fully saturated rings. The Kier molecular flexibility index (Phi) is 5.52. The number of benzene rings is 1. The molecule has 2 rings (SSSR count). The molecule has 1 aliphatic carbocycles. The Balaban J connectivity index is 1.85. The number of rotatable bonds is 4.